The summed E-state index contributed by atoms with van der Waals surface area (Å²) in [5.41, 5.74) is 0.930. The first-order chi connectivity index (χ1) is 9.64. The molecule has 116 valence electrons. The van der Waals surface area contributed by atoms with Crippen LogP contribution in [0.5, 0.6) is 0 Å². The number of carboxylic acids is 1. The maximum atomic E-state index is 11.7. The third kappa shape index (κ3) is 2.53. The van der Waals surface area contributed by atoms with Gasteiger partial charge in [0, 0.05) is 6.42 Å². The van der Waals surface area contributed by atoms with E-state index in [1.165, 1.54) is 19.3 Å². The molecule has 0 aliphatic heterocycles. The van der Waals surface area contributed by atoms with Crippen LogP contribution in [0, 0.1) is 22.2 Å². The molecule has 2 atom stereocenters. The molecule has 0 radical (unpaired) electrons. The average molecular weight is 292 g/mol. The summed E-state index contributed by atoms with van der Waals surface area (Å²) >= 11 is 0. The smallest absolute Gasteiger partial charge is 0.380 e. The highest BCUT2D eigenvalue weighted by Gasteiger charge is 2.59. The largest absolute Gasteiger partial charge is 0.475 e. The summed E-state index contributed by atoms with van der Waals surface area (Å²) in [6.07, 6.45) is 8.10. The fourth-order valence-electron chi connectivity index (χ4n) is 6.57. The lowest BCUT2D eigenvalue weighted by Gasteiger charge is -2.65. The number of carboxylic acid groups (broad SMARTS) is 1. The van der Waals surface area contributed by atoms with Gasteiger partial charge in [-0.15, -0.1) is 0 Å². The van der Waals surface area contributed by atoms with Gasteiger partial charge in [0.2, 0.25) is 5.78 Å². The normalized spacial score (nSPS) is 43.8. The SMILES string of the molecule is CC12CC3CC(C)(C1)CC(CCC(=O)C(=O)C(=O)O)(C3)C2. The van der Waals surface area contributed by atoms with Crippen molar-refractivity contribution in [2.75, 3.05) is 0 Å². The first-order valence-electron chi connectivity index (χ1n) is 7.95. The second kappa shape index (κ2) is 4.40. The highest BCUT2D eigenvalue weighted by Crippen LogP contribution is 2.70. The minimum Gasteiger partial charge on any atom is -0.475 e. The molecule has 0 spiro atoms. The fourth-order valence-corrected chi connectivity index (χ4v) is 6.57. The lowest BCUT2D eigenvalue weighted by Crippen LogP contribution is -2.55. The van der Waals surface area contributed by atoms with E-state index >= 15 is 0 Å². The van der Waals surface area contributed by atoms with Gasteiger partial charge in [-0.05, 0) is 67.1 Å². The second-order valence-corrected chi connectivity index (χ2v) is 8.69. The summed E-state index contributed by atoms with van der Waals surface area (Å²) in [7, 11) is 0. The van der Waals surface area contributed by atoms with Gasteiger partial charge in [-0.1, -0.05) is 13.8 Å². The molecule has 4 nitrogen and oxygen atoms in total. The van der Waals surface area contributed by atoms with E-state index < -0.39 is 17.5 Å². The molecule has 2 unspecified atom stereocenters. The standard InChI is InChI=1S/C17H24O4/c1-15-5-11-6-16(2,8-15)10-17(7-11,9-15)4-3-12(18)13(19)14(20)21/h11H,3-10H2,1-2H3,(H,20,21). The molecule has 0 saturated heterocycles. The first kappa shape index (κ1) is 14.7. The lowest BCUT2D eigenvalue weighted by atomic mass is 9.39. The Balaban J connectivity index is 1.72. The predicted molar refractivity (Wildman–Crippen MR) is 76.7 cm³/mol. The molecule has 4 bridgehead atoms. The predicted octanol–water partition coefficient (Wildman–Crippen LogP) is 2.99. The van der Waals surface area contributed by atoms with Crippen LogP contribution in [0.4, 0.5) is 0 Å². The van der Waals surface area contributed by atoms with Crippen LogP contribution in [0.25, 0.3) is 0 Å². The van der Waals surface area contributed by atoms with Crippen LogP contribution in [0.1, 0.15) is 65.2 Å². The Bertz CT molecular complexity index is 503. The van der Waals surface area contributed by atoms with Gasteiger partial charge in [0.05, 0.1) is 0 Å². The van der Waals surface area contributed by atoms with Crippen molar-refractivity contribution in [2.24, 2.45) is 22.2 Å². The molecule has 4 saturated carbocycles. The fraction of sp³-hybridized carbons (Fsp3) is 0.824. The molecule has 0 aromatic carbocycles. The quantitative estimate of drug-likeness (QED) is 0.624. The minimum absolute atomic E-state index is 0.101. The maximum Gasteiger partial charge on any atom is 0.380 e. The Hall–Kier alpha value is -1.19. The number of ketones is 2. The van der Waals surface area contributed by atoms with Gasteiger partial charge in [-0.3, -0.25) is 9.59 Å². The number of hydrogen-bond acceptors (Lipinski definition) is 3. The zero-order chi connectivity index (χ0) is 15.5. The molecule has 21 heavy (non-hydrogen) atoms. The molecule has 4 aliphatic rings. The van der Waals surface area contributed by atoms with Crippen molar-refractivity contribution in [3.05, 3.63) is 0 Å². The molecule has 4 aliphatic carbocycles. The minimum atomic E-state index is -1.62. The van der Waals surface area contributed by atoms with Crippen LogP contribution in [0.2, 0.25) is 0 Å². The van der Waals surface area contributed by atoms with Crippen molar-refractivity contribution in [3.8, 4) is 0 Å². The Morgan fingerprint density at radius 1 is 1.00 bits per heavy atom. The zero-order valence-corrected chi connectivity index (χ0v) is 12.9. The van der Waals surface area contributed by atoms with Crippen molar-refractivity contribution >= 4 is 17.5 Å². The van der Waals surface area contributed by atoms with Crippen LogP contribution >= 0.6 is 0 Å². The zero-order valence-electron chi connectivity index (χ0n) is 12.9. The Labute approximate surface area is 125 Å². The van der Waals surface area contributed by atoms with Crippen LogP contribution in [-0.2, 0) is 14.4 Å². The number of Topliss-reactive ketones (excluding diaryl/α,β-unsaturated/α-hetero) is 2. The summed E-state index contributed by atoms with van der Waals surface area (Å²) in [5, 5.41) is 8.62. The van der Waals surface area contributed by atoms with Crippen LogP contribution < -0.4 is 0 Å². The lowest BCUT2D eigenvalue weighted by molar-refractivity contribution is -0.156. The molecule has 0 amide bonds. The summed E-state index contributed by atoms with van der Waals surface area (Å²) in [6, 6.07) is 0. The van der Waals surface area contributed by atoms with Crippen molar-refractivity contribution in [1.29, 1.82) is 0 Å². The summed E-state index contributed by atoms with van der Waals surface area (Å²) in [5.74, 6) is -2.85. The number of aliphatic carboxylic acids is 1. The number of hydrogen-bond donors (Lipinski definition) is 1. The first-order valence-corrected chi connectivity index (χ1v) is 7.95. The van der Waals surface area contributed by atoms with Gasteiger partial charge in [0.25, 0.3) is 0 Å². The van der Waals surface area contributed by atoms with E-state index in [4.69, 9.17) is 5.11 Å². The summed E-state index contributed by atoms with van der Waals surface area (Å²) in [4.78, 5) is 33.5. The number of rotatable bonds is 5. The maximum absolute atomic E-state index is 11.7. The van der Waals surface area contributed by atoms with E-state index in [1.54, 1.807) is 0 Å². The number of carbonyl (C=O) groups is 3. The van der Waals surface area contributed by atoms with Gasteiger partial charge < -0.3 is 5.11 Å². The molecular formula is C17H24O4. The summed E-state index contributed by atoms with van der Waals surface area (Å²) < 4.78 is 0. The van der Waals surface area contributed by atoms with Gasteiger partial charge in [-0.2, -0.15) is 0 Å². The van der Waals surface area contributed by atoms with E-state index in [2.05, 4.69) is 13.8 Å². The van der Waals surface area contributed by atoms with Crippen molar-refractivity contribution in [1.82, 2.24) is 0 Å². The molecule has 0 aromatic rings. The van der Waals surface area contributed by atoms with E-state index in [0.717, 1.165) is 25.2 Å². The van der Waals surface area contributed by atoms with Crippen molar-refractivity contribution in [3.63, 3.8) is 0 Å². The van der Waals surface area contributed by atoms with Crippen LogP contribution in [0.3, 0.4) is 0 Å². The highest BCUT2D eigenvalue weighted by atomic mass is 16.4. The van der Waals surface area contributed by atoms with E-state index in [1.807, 2.05) is 0 Å². The van der Waals surface area contributed by atoms with Crippen molar-refractivity contribution < 1.29 is 19.5 Å². The average Bonchev–Trinajstić information content (AvgIpc) is 2.30. The van der Waals surface area contributed by atoms with Gasteiger partial charge >= 0.3 is 11.8 Å². The van der Waals surface area contributed by atoms with Crippen molar-refractivity contribution in [2.45, 2.75) is 65.2 Å². The molecule has 4 rings (SSSR count). The molecular weight excluding hydrogens is 268 g/mol. The third-order valence-corrected chi connectivity index (χ3v) is 6.07. The third-order valence-electron chi connectivity index (χ3n) is 6.07. The monoisotopic (exact) mass is 292 g/mol. The molecule has 4 heteroatoms. The Morgan fingerprint density at radius 2 is 1.57 bits per heavy atom. The topological polar surface area (TPSA) is 71.4 Å². The summed E-state index contributed by atoms with van der Waals surface area (Å²) in [6.45, 7) is 4.74. The molecule has 1 N–H and O–H groups in total. The van der Waals surface area contributed by atoms with Gasteiger partial charge in [-0.25, -0.2) is 4.79 Å². The Morgan fingerprint density at radius 3 is 2.05 bits per heavy atom. The van der Waals surface area contributed by atoms with Crippen LogP contribution in [-0.4, -0.2) is 22.6 Å². The molecule has 0 aromatic heterocycles. The second-order valence-electron chi connectivity index (χ2n) is 8.69. The van der Waals surface area contributed by atoms with Gasteiger partial charge in [0.15, 0.2) is 0 Å². The highest BCUT2D eigenvalue weighted by molar-refractivity contribution is 6.61. The Kier molecular flexibility index (Phi) is 3.09. The number of carbonyl (C=O) groups excluding carboxylic acids is 2. The molecule has 0 heterocycles. The van der Waals surface area contributed by atoms with E-state index in [-0.39, 0.29) is 11.8 Å². The van der Waals surface area contributed by atoms with Crippen LogP contribution in [0.15, 0.2) is 0 Å². The molecule has 4 fully saturated rings. The van der Waals surface area contributed by atoms with E-state index in [9.17, 15) is 14.4 Å². The van der Waals surface area contributed by atoms with E-state index in [0.29, 0.717) is 17.3 Å². The van der Waals surface area contributed by atoms with Gasteiger partial charge in [0.1, 0.15) is 0 Å².